The Morgan fingerprint density at radius 1 is 1.00 bits per heavy atom. The summed E-state index contributed by atoms with van der Waals surface area (Å²) in [5, 5.41) is 31.2. The fraction of sp³-hybridized carbons (Fsp3) is 0.107. The van der Waals surface area contributed by atoms with Crippen molar-refractivity contribution >= 4 is 28.7 Å². The normalized spacial score (nSPS) is 11.4. The van der Waals surface area contributed by atoms with Gasteiger partial charge in [0.25, 0.3) is 5.91 Å². The van der Waals surface area contributed by atoms with Crippen LogP contribution in [0.25, 0.3) is 22.0 Å². The number of amides is 1. The predicted octanol–water partition coefficient (Wildman–Crippen LogP) is 3.69. The highest BCUT2D eigenvalue weighted by atomic mass is 16.5. The lowest BCUT2D eigenvalue weighted by Gasteiger charge is -2.17. The van der Waals surface area contributed by atoms with E-state index in [0.29, 0.717) is 16.5 Å². The summed E-state index contributed by atoms with van der Waals surface area (Å²) in [7, 11) is 1.20. The topological polar surface area (TPSA) is 150 Å². The molecule has 1 amide bonds. The fourth-order valence-corrected chi connectivity index (χ4v) is 3.87. The highest BCUT2D eigenvalue weighted by Gasteiger charge is 2.25. The summed E-state index contributed by atoms with van der Waals surface area (Å²) in [6, 6.07) is 20.2. The summed E-state index contributed by atoms with van der Waals surface area (Å²) >= 11 is 0. The number of aromatic hydroxyl groups is 1. The third-order valence-electron chi connectivity index (χ3n) is 5.79. The first-order chi connectivity index (χ1) is 17.8. The van der Waals surface area contributed by atoms with E-state index in [1.54, 1.807) is 54.6 Å². The second-order valence-electron chi connectivity index (χ2n) is 8.20. The van der Waals surface area contributed by atoms with E-state index < -0.39 is 23.9 Å². The molecule has 0 aliphatic carbocycles. The number of pyridine rings is 1. The molecule has 0 saturated carbocycles. The maximum absolute atomic E-state index is 13.0. The number of hydrogen-bond donors (Lipinski definition) is 3. The number of nitrogens with one attached hydrogen (secondary N) is 1. The maximum Gasteiger partial charge on any atom is 0.336 e. The number of benzene rings is 3. The van der Waals surface area contributed by atoms with Gasteiger partial charge in [-0.15, -0.1) is 0 Å². The van der Waals surface area contributed by atoms with E-state index in [2.05, 4.69) is 16.4 Å². The van der Waals surface area contributed by atoms with Crippen LogP contribution in [0.4, 0.5) is 0 Å². The van der Waals surface area contributed by atoms with Crippen LogP contribution in [0.1, 0.15) is 32.0 Å². The molecular formula is C28H21N3O6. The van der Waals surface area contributed by atoms with Gasteiger partial charge in [0.1, 0.15) is 17.5 Å². The number of rotatable bonds is 7. The fourth-order valence-electron chi connectivity index (χ4n) is 3.87. The number of ether oxygens (including phenoxy) is 1. The van der Waals surface area contributed by atoms with Crippen molar-refractivity contribution < 1.29 is 29.3 Å². The van der Waals surface area contributed by atoms with Crippen LogP contribution < -0.4 is 5.32 Å². The summed E-state index contributed by atoms with van der Waals surface area (Å²) in [4.78, 5) is 41.8. The first-order valence-electron chi connectivity index (χ1n) is 11.1. The van der Waals surface area contributed by atoms with Gasteiger partial charge in [0.05, 0.1) is 29.8 Å². The van der Waals surface area contributed by atoms with Crippen LogP contribution in [-0.2, 0) is 16.0 Å². The second-order valence-corrected chi connectivity index (χ2v) is 8.20. The Labute approximate surface area is 211 Å². The third kappa shape index (κ3) is 5.55. The van der Waals surface area contributed by atoms with Gasteiger partial charge in [-0.25, -0.2) is 14.6 Å². The number of phenols is 1. The Morgan fingerprint density at radius 2 is 1.68 bits per heavy atom. The van der Waals surface area contributed by atoms with E-state index in [1.165, 1.54) is 19.2 Å². The molecule has 1 atom stereocenters. The molecule has 0 bridgehead atoms. The van der Waals surface area contributed by atoms with Crippen molar-refractivity contribution in [3.05, 3.63) is 95.2 Å². The Bertz CT molecular complexity index is 1540. The molecule has 0 fully saturated rings. The minimum Gasteiger partial charge on any atom is -0.508 e. The number of fused-ring (bicyclic) bond motifs is 1. The molecule has 0 spiro atoms. The number of carbonyl (C=O) groups is 3. The first kappa shape index (κ1) is 24.9. The van der Waals surface area contributed by atoms with Gasteiger partial charge < -0.3 is 20.3 Å². The maximum atomic E-state index is 13.0. The van der Waals surface area contributed by atoms with Gasteiger partial charge in [0.2, 0.25) is 0 Å². The molecule has 0 aliphatic heterocycles. The molecule has 0 saturated heterocycles. The number of nitriles is 1. The molecule has 1 heterocycles. The van der Waals surface area contributed by atoms with Crippen LogP contribution >= 0.6 is 0 Å². The van der Waals surface area contributed by atoms with Crippen molar-refractivity contribution in [2.75, 3.05) is 7.11 Å². The standard InChI is InChI=1S/C28H21N3O6/c1-37-28(36)25(12-16-4-9-20(32)10-5-16)31-26(33)24-14-22(27(34)35)21-13-19(8-11-23(21)30-24)18-6-2-17(15-29)3-7-18/h2-11,13-14,25,32H,12H2,1H3,(H,31,33)(H,34,35). The smallest absolute Gasteiger partial charge is 0.336 e. The molecular weight excluding hydrogens is 474 g/mol. The van der Waals surface area contributed by atoms with E-state index in [0.717, 1.165) is 17.2 Å². The number of aromatic carboxylic acids is 1. The quantitative estimate of drug-likeness (QED) is 0.329. The molecule has 1 aromatic heterocycles. The van der Waals surface area contributed by atoms with Gasteiger partial charge in [-0.1, -0.05) is 30.3 Å². The lowest BCUT2D eigenvalue weighted by Crippen LogP contribution is -2.43. The largest absolute Gasteiger partial charge is 0.508 e. The van der Waals surface area contributed by atoms with Crippen LogP contribution in [0.15, 0.2) is 72.8 Å². The summed E-state index contributed by atoms with van der Waals surface area (Å²) < 4.78 is 4.81. The number of carboxylic acids is 1. The third-order valence-corrected chi connectivity index (χ3v) is 5.79. The van der Waals surface area contributed by atoms with E-state index in [9.17, 15) is 24.6 Å². The Morgan fingerprint density at radius 3 is 2.30 bits per heavy atom. The van der Waals surface area contributed by atoms with Gasteiger partial charge in [-0.3, -0.25) is 4.79 Å². The molecule has 37 heavy (non-hydrogen) atoms. The van der Waals surface area contributed by atoms with Crippen molar-refractivity contribution in [3.8, 4) is 22.9 Å². The molecule has 9 nitrogen and oxygen atoms in total. The number of methoxy groups -OCH3 is 1. The first-order valence-corrected chi connectivity index (χ1v) is 11.1. The van der Waals surface area contributed by atoms with Gasteiger partial charge in [0, 0.05) is 11.8 Å². The molecule has 184 valence electrons. The molecule has 0 radical (unpaired) electrons. The number of phenolic OH excluding ortho intramolecular Hbond substituents is 1. The zero-order chi connectivity index (χ0) is 26.5. The van der Waals surface area contributed by atoms with E-state index in [1.807, 2.05) is 0 Å². The number of aromatic nitrogens is 1. The molecule has 4 rings (SSSR count). The van der Waals surface area contributed by atoms with Crippen molar-refractivity contribution in [2.24, 2.45) is 0 Å². The molecule has 1 unspecified atom stereocenters. The van der Waals surface area contributed by atoms with Gasteiger partial charge in [-0.05, 0) is 59.2 Å². The van der Waals surface area contributed by atoms with Crippen molar-refractivity contribution in [1.29, 1.82) is 5.26 Å². The number of hydrogen-bond acceptors (Lipinski definition) is 7. The average molecular weight is 495 g/mol. The minimum absolute atomic E-state index is 0.0614. The van der Waals surface area contributed by atoms with Gasteiger partial charge in [-0.2, -0.15) is 5.26 Å². The van der Waals surface area contributed by atoms with Crippen LogP contribution in [-0.4, -0.2) is 46.2 Å². The Hall–Kier alpha value is -5.23. The summed E-state index contributed by atoms with van der Waals surface area (Å²) in [5.74, 6) is -2.61. The van der Waals surface area contributed by atoms with Crippen molar-refractivity contribution in [2.45, 2.75) is 12.5 Å². The minimum atomic E-state index is -1.24. The lowest BCUT2D eigenvalue weighted by molar-refractivity contribution is -0.142. The molecule has 3 aromatic carbocycles. The zero-order valence-corrected chi connectivity index (χ0v) is 19.6. The molecule has 9 heteroatoms. The highest BCUT2D eigenvalue weighted by molar-refractivity contribution is 6.07. The number of nitrogens with zero attached hydrogens (tertiary/aromatic N) is 2. The number of carboxylic acid groups (broad SMARTS) is 1. The van der Waals surface area contributed by atoms with Crippen molar-refractivity contribution in [1.82, 2.24) is 10.3 Å². The van der Waals surface area contributed by atoms with Gasteiger partial charge in [0.15, 0.2) is 0 Å². The summed E-state index contributed by atoms with van der Waals surface area (Å²) in [6.07, 6.45) is 0.0893. The van der Waals surface area contributed by atoms with Crippen LogP contribution in [0.2, 0.25) is 0 Å². The Kier molecular flexibility index (Phi) is 7.11. The average Bonchev–Trinajstić information content (AvgIpc) is 2.92. The second kappa shape index (κ2) is 10.6. The number of esters is 1. The molecule has 4 aromatic rings. The van der Waals surface area contributed by atoms with E-state index in [-0.39, 0.29) is 28.9 Å². The zero-order valence-electron chi connectivity index (χ0n) is 19.6. The summed E-state index contributed by atoms with van der Waals surface area (Å²) in [6.45, 7) is 0. The predicted molar refractivity (Wildman–Crippen MR) is 134 cm³/mol. The van der Waals surface area contributed by atoms with Crippen LogP contribution in [0.3, 0.4) is 0 Å². The van der Waals surface area contributed by atoms with E-state index in [4.69, 9.17) is 10.00 Å². The van der Waals surface area contributed by atoms with Crippen molar-refractivity contribution in [3.63, 3.8) is 0 Å². The number of carbonyl (C=O) groups excluding carboxylic acids is 2. The van der Waals surface area contributed by atoms with Gasteiger partial charge >= 0.3 is 11.9 Å². The lowest BCUT2D eigenvalue weighted by atomic mass is 9.99. The monoisotopic (exact) mass is 495 g/mol. The Balaban J connectivity index is 1.66. The summed E-state index contributed by atoms with van der Waals surface area (Å²) in [5.41, 5.74) is 2.67. The van der Waals surface area contributed by atoms with Crippen LogP contribution in [0, 0.1) is 11.3 Å². The molecule has 0 aliphatic rings. The SMILES string of the molecule is COC(=O)C(Cc1ccc(O)cc1)NC(=O)c1cc(C(=O)O)c2cc(-c3ccc(C#N)cc3)ccc2n1. The molecule has 3 N–H and O–H groups in total. The van der Waals surface area contributed by atoms with E-state index >= 15 is 0 Å². The highest BCUT2D eigenvalue weighted by Crippen LogP contribution is 2.27. The van der Waals surface area contributed by atoms with Crippen LogP contribution in [0.5, 0.6) is 5.75 Å².